The van der Waals surface area contributed by atoms with Crippen molar-refractivity contribution in [2.45, 2.75) is 42.8 Å². The van der Waals surface area contributed by atoms with Crippen molar-refractivity contribution in [1.82, 2.24) is 14.8 Å². The van der Waals surface area contributed by atoms with Gasteiger partial charge in [-0.05, 0) is 25.0 Å². The highest BCUT2D eigenvalue weighted by molar-refractivity contribution is 7.91. The number of piperidine rings is 1. The Morgan fingerprint density at radius 3 is 2.57 bits per heavy atom. The van der Waals surface area contributed by atoms with E-state index in [1.165, 1.54) is 4.31 Å². The third-order valence-electron chi connectivity index (χ3n) is 5.78. The Hall–Kier alpha value is -2.03. The van der Waals surface area contributed by atoms with Crippen molar-refractivity contribution < 1.29 is 28.3 Å². The van der Waals surface area contributed by atoms with E-state index in [1.54, 1.807) is 11.7 Å². The van der Waals surface area contributed by atoms with E-state index in [2.05, 4.69) is 16.8 Å². The van der Waals surface area contributed by atoms with Gasteiger partial charge in [0.05, 0.1) is 6.61 Å². The van der Waals surface area contributed by atoms with Crippen molar-refractivity contribution in [3.63, 3.8) is 0 Å². The quantitative estimate of drug-likeness (QED) is 0.345. The number of aliphatic hydroxyl groups excluding tert-OH is 1. The van der Waals surface area contributed by atoms with Crippen LogP contribution in [0.25, 0.3) is 0 Å². The fourth-order valence-electron chi connectivity index (χ4n) is 3.99. The molecule has 9 nitrogen and oxygen atoms in total. The summed E-state index contributed by atoms with van der Waals surface area (Å²) in [5.74, 6) is 5.00. The van der Waals surface area contributed by atoms with Crippen LogP contribution in [0, 0.1) is 11.8 Å². The molecule has 0 spiro atoms. The summed E-state index contributed by atoms with van der Waals surface area (Å²) in [5, 5.41) is 17.9. The van der Waals surface area contributed by atoms with Gasteiger partial charge in [-0.3, -0.25) is 15.0 Å². The van der Waals surface area contributed by atoms with Crippen molar-refractivity contribution in [2.75, 3.05) is 32.9 Å². The molecule has 2 aliphatic rings. The standard InChI is InChI=1S/C20H27N3O6S/c24-12-2-1-3-16-4-5-18(21-15-16)17-6-10-23(11-7-17)30(27,28)20(19(25)22-26)8-13-29-14-9-20/h4-5,15,17,24,26H,2,6-14H2,(H,22,25). The first-order chi connectivity index (χ1) is 14.4. The van der Waals surface area contributed by atoms with E-state index in [1.807, 2.05) is 12.1 Å². The summed E-state index contributed by atoms with van der Waals surface area (Å²) in [7, 11) is -3.96. The highest BCUT2D eigenvalue weighted by Gasteiger charge is 2.54. The number of carbonyl (C=O) groups excluding carboxylic acids is 1. The number of nitrogens with zero attached hydrogens (tertiary/aromatic N) is 2. The molecule has 0 bridgehead atoms. The van der Waals surface area contributed by atoms with Crippen LogP contribution < -0.4 is 5.48 Å². The van der Waals surface area contributed by atoms with Crippen molar-refractivity contribution in [1.29, 1.82) is 0 Å². The average molecular weight is 438 g/mol. The predicted octanol–water partition coefficient (Wildman–Crippen LogP) is 0.379. The van der Waals surface area contributed by atoms with Gasteiger partial charge in [0.25, 0.3) is 5.91 Å². The molecule has 2 saturated heterocycles. The summed E-state index contributed by atoms with van der Waals surface area (Å²) < 4.78 is 31.6. The van der Waals surface area contributed by atoms with Crippen molar-refractivity contribution in [3.05, 3.63) is 29.6 Å². The van der Waals surface area contributed by atoms with Gasteiger partial charge in [-0.2, -0.15) is 0 Å². The highest BCUT2D eigenvalue weighted by Crippen LogP contribution is 2.36. The Morgan fingerprint density at radius 1 is 1.30 bits per heavy atom. The average Bonchev–Trinajstić information content (AvgIpc) is 2.79. The summed E-state index contributed by atoms with van der Waals surface area (Å²) in [6.07, 6.45) is 3.32. The van der Waals surface area contributed by atoms with Crippen LogP contribution in [0.4, 0.5) is 0 Å². The van der Waals surface area contributed by atoms with Crippen LogP contribution in [0.2, 0.25) is 0 Å². The fraction of sp³-hybridized carbons (Fsp3) is 0.600. The van der Waals surface area contributed by atoms with Crippen LogP contribution in [0.1, 0.15) is 49.3 Å². The molecule has 1 aromatic rings. The summed E-state index contributed by atoms with van der Waals surface area (Å²) in [4.78, 5) is 16.8. The minimum Gasteiger partial charge on any atom is -0.395 e. The molecule has 0 saturated carbocycles. The molecule has 30 heavy (non-hydrogen) atoms. The molecular formula is C20H27N3O6S. The van der Waals surface area contributed by atoms with Crippen molar-refractivity contribution in [2.24, 2.45) is 0 Å². The van der Waals surface area contributed by atoms with Crippen LogP contribution in [0.15, 0.2) is 18.3 Å². The minimum absolute atomic E-state index is 0.0159. The molecular weight excluding hydrogens is 410 g/mol. The molecule has 2 aliphatic heterocycles. The maximum absolute atomic E-state index is 13.3. The first kappa shape index (κ1) is 22.7. The summed E-state index contributed by atoms with van der Waals surface area (Å²) >= 11 is 0. The first-order valence-electron chi connectivity index (χ1n) is 10.0. The number of rotatable bonds is 5. The lowest BCUT2D eigenvalue weighted by Crippen LogP contribution is -2.60. The monoisotopic (exact) mass is 437 g/mol. The molecule has 3 heterocycles. The van der Waals surface area contributed by atoms with Crippen LogP contribution in [0.5, 0.6) is 0 Å². The van der Waals surface area contributed by atoms with Gasteiger partial charge in [0.15, 0.2) is 4.75 Å². The second-order valence-electron chi connectivity index (χ2n) is 7.47. The van der Waals surface area contributed by atoms with Gasteiger partial charge in [-0.25, -0.2) is 18.2 Å². The molecule has 10 heteroatoms. The Kier molecular flexibility index (Phi) is 7.44. The topological polar surface area (TPSA) is 129 Å². The number of ether oxygens (including phenoxy) is 1. The van der Waals surface area contributed by atoms with Gasteiger partial charge < -0.3 is 9.84 Å². The lowest BCUT2D eigenvalue weighted by Gasteiger charge is -2.40. The lowest BCUT2D eigenvalue weighted by molar-refractivity contribution is -0.134. The number of carbonyl (C=O) groups is 1. The van der Waals surface area contributed by atoms with E-state index >= 15 is 0 Å². The summed E-state index contributed by atoms with van der Waals surface area (Å²) in [6, 6.07) is 3.77. The molecule has 0 aliphatic carbocycles. The molecule has 1 amide bonds. The van der Waals surface area contributed by atoms with Crippen molar-refractivity contribution in [3.8, 4) is 11.8 Å². The molecule has 0 aromatic carbocycles. The zero-order valence-electron chi connectivity index (χ0n) is 16.7. The number of aromatic nitrogens is 1. The number of amides is 1. The van der Waals surface area contributed by atoms with Crippen LogP contribution in [0.3, 0.4) is 0 Å². The zero-order valence-corrected chi connectivity index (χ0v) is 17.5. The SMILES string of the molecule is O=C(NO)C1(S(=O)(=O)N2CCC(c3ccc(C#CCCO)cn3)CC2)CCOCC1. The first-order valence-corrected chi connectivity index (χ1v) is 11.5. The maximum atomic E-state index is 13.3. The zero-order chi connectivity index (χ0) is 21.6. The molecule has 1 aromatic heterocycles. The summed E-state index contributed by atoms with van der Waals surface area (Å²) in [6.45, 7) is 0.900. The highest BCUT2D eigenvalue weighted by atomic mass is 32.2. The van der Waals surface area contributed by atoms with Gasteiger partial charge in [0.2, 0.25) is 10.0 Å². The second-order valence-corrected chi connectivity index (χ2v) is 9.72. The molecule has 164 valence electrons. The Balaban J connectivity index is 1.68. The molecule has 0 atom stereocenters. The maximum Gasteiger partial charge on any atom is 0.266 e. The van der Waals surface area contributed by atoms with Crippen LogP contribution in [-0.2, 0) is 19.6 Å². The van der Waals surface area contributed by atoms with E-state index in [-0.39, 0.29) is 51.7 Å². The number of pyridine rings is 1. The molecule has 3 rings (SSSR count). The number of hydrogen-bond acceptors (Lipinski definition) is 7. The third-order valence-corrected chi connectivity index (χ3v) is 8.40. The number of hydroxylamine groups is 1. The molecule has 0 radical (unpaired) electrons. The molecule has 3 N–H and O–H groups in total. The van der Waals surface area contributed by atoms with E-state index < -0.39 is 20.7 Å². The van der Waals surface area contributed by atoms with E-state index in [4.69, 9.17) is 15.1 Å². The number of sulfonamides is 1. The van der Waals surface area contributed by atoms with E-state index in [0.717, 1.165) is 11.3 Å². The Bertz CT molecular complexity index is 893. The molecule has 0 unspecified atom stereocenters. The molecule has 2 fully saturated rings. The van der Waals surface area contributed by atoms with Gasteiger partial charge >= 0.3 is 0 Å². The number of nitrogens with one attached hydrogen (secondary N) is 1. The van der Waals surface area contributed by atoms with Gasteiger partial charge in [-0.1, -0.05) is 11.8 Å². The number of hydrogen-bond donors (Lipinski definition) is 3. The number of aliphatic hydroxyl groups is 1. The Morgan fingerprint density at radius 2 is 2.00 bits per heavy atom. The van der Waals surface area contributed by atoms with Gasteiger partial charge in [0, 0.05) is 68.9 Å². The van der Waals surface area contributed by atoms with Gasteiger partial charge in [0.1, 0.15) is 0 Å². The second kappa shape index (κ2) is 9.85. The minimum atomic E-state index is -3.96. The smallest absolute Gasteiger partial charge is 0.266 e. The summed E-state index contributed by atoms with van der Waals surface area (Å²) in [5.41, 5.74) is 3.19. The largest absolute Gasteiger partial charge is 0.395 e. The van der Waals surface area contributed by atoms with Crippen LogP contribution >= 0.6 is 0 Å². The van der Waals surface area contributed by atoms with Gasteiger partial charge in [-0.15, -0.1) is 0 Å². The van der Waals surface area contributed by atoms with E-state index in [0.29, 0.717) is 19.3 Å². The normalized spacial score (nSPS) is 20.2. The van der Waals surface area contributed by atoms with Crippen molar-refractivity contribution >= 4 is 15.9 Å². The van der Waals surface area contributed by atoms with Crippen LogP contribution in [-0.4, -0.2) is 71.6 Å². The predicted molar refractivity (Wildman–Crippen MR) is 108 cm³/mol. The lowest BCUT2D eigenvalue weighted by atomic mass is 9.94. The third kappa shape index (κ3) is 4.50. The fourth-order valence-corrected chi connectivity index (χ4v) is 6.13. The Labute approximate surface area is 176 Å². The van der Waals surface area contributed by atoms with E-state index in [9.17, 15) is 13.2 Å².